The molecule has 2 rings (SSSR count). The van der Waals surface area contributed by atoms with Crippen LogP contribution in [0.1, 0.15) is 24.2 Å². The number of nitrogens with one attached hydrogen (secondary N) is 1. The summed E-state index contributed by atoms with van der Waals surface area (Å²) in [6, 6.07) is 4.03. The lowest BCUT2D eigenvalue weighted by molar-refractivity contribution is -0.274. The average Bonchev–Trinajstić information content (AvgIpc) is 2.46. The summed E-state index contributed by atoms with van der Waals surface area (Å²) < 4.78 is 46.2. The van der Waals surface area contributed by atoms with Gasteiger partial charge in [-0.25, -0.2) is 0 Å². The molecule has 0 spiro atoms. The van der Waals surface area contributed by atoms with Crippen LogP contribution in [0.5, 0.6) is 5.75 Å². The number of benzene rings is 1. The lowest BCUT2D eigenvalue weighted by Crippen LogP contribution is -2.22. The van der Waals surface area contributed by atoms with Gasteiger partial charge in [0.15, 0.2) is 0 Å². The number of nitrogens with zero attached hydrogens (tertiary/aromatic N) is 1. The number of aliphatic imine (C=N–C) groups is 1. The van der Waals surface area contributed by atoms with Gasteiger partial charge in [-0.1, -0.05) is 11.6 Å². The molecule has 1 aromatic carbocycles. The predicted molar refractivity (Wildman–Crippen MR) is 77.8 cm³/mol. The Kier molecular flexibility index (Phi) is 4.97. The molecule has 1 aliphatic heterocycles. The number of alkyl halides is 4. The van der Waals surface area contributed by atoms with Crippen molar-refractivity contribution in [1.29, 1.82) is 0 Å². The molecular formula is C14H14ClF3N2O2. The van der Waals surface area contributed by atoms with E-state index in [0.29, 0.717) is 16.8 Å². The quantitative estimate of drug-likeness (QED) is 0.672. The zero-order chi connectivity index (χ0) is 16.3. The standard InChI is InChI=1S/C14H14ClF3N2O2/c1-8(21-2)11-5-9(22-14(16,17)18)3-4-10(11)12-6-20-13(15)7-19-12/h3-8,13,20H,1-2H3. The van der Waals surface area contributed by atoms with Crippen LogP contribution in [-0.2, 0) is 4.74 Å². The van der Waals surface area contributed by atoms with Crippen LogP contribution in [0.3, 0.4) is 0 Å². The minimum Gasteiger partial charge on any atom is -0.406 e. The Morgan fingerprint density at radius 3 is 2.64 bits per heavy atom. The molecule has 120 valence electrons. The highest BCUT2D eigenvalue weighted by atomic mass is 35.5. The maximum Gasteiger partial charge on any atom is 0.573 e. The Morgan fingerprint density at radius 2 is 2.09 bits per heavy atom. The Hall–Kier alpha value is -1.73. The minimum absolute atomic E-state index is 0.307. The van der Waals surface area contributed by atoms with E-state index in [2.05, 4.69) is 15.0 Å². The fourth-order valence-electron chi connectivity index (χ4n) is 1.97. The molecule has 8 heteroatoms. The molecule has 2 atom stereocenters. The van der Waals surface area contributed by atoms with Crippen LogP contribution in [0.15, 0.2) is 29.4 Å². The second-order valence-electron chi connectivity index (χ2n) is 4.55. The van der Waals surface area contributed by atoms with Gasteiger partial charge in [-0.05, 0) is 30.7 Å². The molecule has 0 amide bonds. The summed E-state index contributed by atoms with van der Waals surface area (Å²) >= 11 is 5.82. The van der Waals surface area contributed by atoms with Crippen molar-refractivity contribution in [2.75, 3.05) is 7.11 Å². The number of halogens is 4. The smallest absolute Gasteiger partial charge is 0.406 e. The van der Waals surface area contributed by atoms with E-state index in [1.54, 1.807) is 13.1 Å². The monoisotopic (exact) mass is 334 g/mol. The topological polar surface area (TPSA) is 42.9 Å². The third-order valence-electron chi connectivity index (χ3n) is 3.05. The Bertz CT molecular complexity index is 602. The first-order chi connectivity index (χ1) is 10.3. The lowest BCUT2D eigenvalue weighted by atomic mass is 10.00. The summed E-state index contributed by atoms with van der Waals surface area (Å²) in [7, 11) is 1.47. The molecule has 1 aromatic rings. The molecule has 2 unspecified atom stereocenters. The lowest BCUT2D eigenvalue weighted by Gasteiger charge is -2.19. The first-order valence-electron chi connectivity index (χ1n) is 6.37. The van der Waals surface area contributed by atoms with Gasteiger partial charge in [0.2, 0.25) is 0 Å². The van der Waals surface area contributed by atoms with Crippen molar-refractivity contribution >= 4 is 23.5 Å². The molecule has 1 aliphatic rings. The van der Waals surface area contributed by atoms with E-state index in [1.807, 2.05) is 0 Å². The van der Waals surface area contributed by atoms with Crippen molar-refractivity contribution in [3.05, 3.63) is 35.5 Å². The van der Waals surface area contributed by atoms with Crippen LogP contribution < -0.4 is 10.1 Å². The van der Waals surface area contributed by atoms with Gasteiger partial charge in [-0.3, -0.25) is 4.99 Å². The predicted octanol–water partition coefficient (Wildman–Crippen LogP) is 3.83. The van der Waals surface area contributed by atoms with Crippen LogP contribution in [0, 0.1) is 0 Å². The van der Waals surface area contributed by atoms with E-state index >= 15 is 0 Å². The average molecular weight is 335 g/mol. The molecule has 1 N–H and O–H groups in total. The van der Waals surface area contributed by atoms with Gasteiger partial charge >= 0.3 is 6.36 Å². The number of ether oxygens (including phenoxy) is 2. The van der Waals surface area contributed by atoms with Crippen molar-refractivity contribution < 1.29 is 22.6 Å². The summed E-state index contributed by atoms with van der Waals surface area (Å²) in [4.78, 5) is 4.19. The third-order valence-corrected chi connectivity index (χ3v) is 3.29. The highest BCUT2D eigenvalue weighted by Crippen LogP contribution is 2.33. The zero-order valence-corrected chi connectivity index (χ0v) is 12.6. The fourth-order valence-corrected chi connectivity index (χ4v) is 2.09. The van der Waals surface area contributed by atoms with Gasteiger partial charge in [-0.15, -0.1) is 13.2 Å². The van der Waals surface area contributed by atoms with Crippen molar-refractivity contribution in [1.82, 2.24) is 5.32 Å². The summed E-state index contributed by atoms with van der Waals surface area (Å²) in [5.74, 6) is -0.307. The molecule has 4 nitrogen and oxygen atoms in total. The van der Waals surface area contributed by atoms with Crippen molar-refractivity contribution in [3.8, 4) is 5.75 Å². The molecule has 1 heterocycles. The highest BCUT2D eigenvalue weighted by molar-refractivity contribution is 6.28. The van der Waals surface area contributed by atoms with Crippen molar-refractivity contribution in [3.63, 3.8) is 0 Å². The van der Waals surface area contributed by atoms with E-state index < -0.39 is 18.0 Å². The molecule has 0 radical (unpaired) electrons. The molecule has 0 fully saturated rings. The third kappa shape index (κ3) is 4.14. The second-order valence-corrected chi connectivity index (χ2v) is 5.02. The van der Waals surface area contributed by atoms with Crippen LogP contribution in [-0.4, -0.2) is 25.2 Å². The SMILES string of the molecule is COC(C)c1cc(OC(F)(F)F)ccc1C1=CNC(Cl)C=N1. The number of methoxy groups -OCH3 is 1. The van der Waals surface area contributed by atoms with Crippen LogP contribution in [0.4, 0.5) is 13.2 Å². The zero-order valence-electron chi connectivity index (χ0n) is 11.8. The molecular weight excluding hydrogens is 321 g/mol. The van der Waals surface area contributed by atoms with E-state index in [9.17, 15) is 13.2 Å². The maximum atomic E-state index is 12.3. The number of hydrogen-bond donors (Lipinski definition) is 1. The summed E-state index contributed by atoms with van der Waals surface area (Å²) in [6.07, 6.45) is -2.08. The van der Waals surface area contributed by atoms with E-state index in [4.69, 9.17) is 16.3 Å². The minimum atomic E-state index is -4.75. The maximum absolute atomic E-state index is 12.3. The molecule has 0 saturated carbocycles. The van der Waals surface area contributed by atoms with Crippen LogP contribution in [0.2, 0.25) is 0 Å². The van der Waals surface area contributed by atoms with Gasteiger partial charge in [0.25, 0.3) is 0 Å². The van der Waals surface area contributed by atoms with Gasteiger partial charge in [-0.2, -0.15) is 0 Å². The van der Waals surface area contributed by atoms with Gasteiger partial charge in [0.05, 0.1) is 11.8 Å². The molecule has 22 heavy (non-hydrogen) atoms. The summed E-state index contributed by atoms with van der Waals surface area (Å²) in [5.41, 5.74) is 1.30. The number of rotatable bonds is 4. The Morgan fingerprint density at radius 1 is 1.36 bits per heavy atom. The first kappa shape index (κ1) is 16.6. The molecule has 0 aliphatic carbocycles. The second kappa shape index (κ2) is 6.58. The van der Waals surface area contributed by atoms with Gasteiger partial charge < -0.3 is 14.8 Å². The van der Waals surface area contributed by atoms with Crippen molar-refractivity contribution in [2.45, 2.75) is 24.9 Å². The normalized spacial score (nSPS) is 19.4. The number of hydrogen-bond acceptors (Lipinski definition) is 4. The van der Waals surface area contributed by atoms with E-state index in [-0.39, 0.29) is 5.75 Å². The van der Waals surface area contributed by atoms with E-state index in [1.165, 1.54) is 31.5 Å². The molecule has 0 bridgehead atoms. The van der Waals surface area contributed by atoms with Crippen LogP contribution >= 0.6 is 11.6 Å². The fraction of sp³-hybridized carbons (Fsp3) is 0.357. The van der Waals surface area contributed by atoms with Gasteiger partial charge in [0.1, 0.15) is 11.3 Å². The molecule has 0 aromatic heterocycles. The largest absolute Gasteiger partial charge is 0.573 e. The Balaban J connectivity index is 2.39. The first-order valence-corrected chi connectivity index (χ1v) is 6.81. The molecule has 0 saturated heterocycles. The van der Waals surface area contributed by atoms with E-state index in [0.717, 1.165) is 0 Å². The Labute approximate surface area is 130 Å². The highest BCUT2D eigenvalue weighted by Gasteiger charge is 2.31. The van der Waals surface area contributed by atoms with Gasteiger partial charge in [0, 0.05) is 25.1 Å². The van der Waals surface area contributed by atoms with Crippen molar-refractivity contribution in [2.24, 2.45) is 4.99 Å². The summed E-state index contributed by atoms with van der Waals surface area (Å²) in [6.45, 7) is 1.72. The summed E-state index contributed by atoms with van der Waals surface area (Å²) in [5, 5.41) is 2.87. The van der Waals surface area contributed by atoms with Crippen LogP contribution in [0.25, 0.3) is 5.70 Å².